The number of rotatable bonds is 0. The van der Waals surface area contributed by atoms with Crippen LogP contribution in [0.25, 0.3) is 4.98 Å². The maximum Gasteiger partial charge on any atom is 0.507 e. The van der Waals surface area contributed by atoms with Gasteiger partial charge in [0.05, 0.1) is 0 Å². The highest BCUT2D eigenvalue weighted by atomic mass is 79.9. The van der Waals surface area contributed by atoms with E-state index in [1.165, 1.54) is 0 Å². The molecule has 0 bridgehead atoms. The van der Waals surface area contributed by atoms with E-state index in [1.54, 1.807) is 18.2 Å². The second-order valence-electron chi connectivity index (χ2n) is 4.40. The van der Waals surface area contributed by atoms with Gasteiger partial charge in [0, 0.05) is 16.6 Å². The lowest BCUT2D eigenvalue weighted by Crippen LogP contribution is -1.89. The van der Waals surface area contributed by atoms with Crippen molar-refractivity contribution in [2.45, 2.75) is 0 Å². The van der Waals surface area contributed by atoms with Crippen molar-refractivity contribution in [3.05, 3.63) is 33.7 Å². The average Bonchev–Trinajstić information content (AvgIpc) is 2.44. The minimum atomic E-state index is -5.39. The monoisotopic (exact) mass is 782 g/mol. The first-order valence-corrected chi connectivity index (χ1v) is 16.7. The summed E-state index contributed by atoms with van der Waals surface area (Å²) in [5, 5.41) is 8.27. The van der Waals surface area contributed by atoms with Crippen LogP contribution in [0.2, 0.25) is 0 Å². The molecule has 1 atom stereocenters. The molecule has 11 N–H and O–H groups in total. The average molecular weight is 783 g/mol. The van der Waals surface area contributed by atoms with Gasteiger partial charge in [0.2, 0.25) is 5.39 Å². The van der Waals surface area contributed by atoms with Gasteiger partial charge in [0.15, 0.2) is 4.98 Å². The number of hydrogen-bond acceptors (Lipinski definition) is 8. The zero-order valence-corrected chi connectivity index (χ0v) is 24.3. The van der Waals surface area contributed by atoms with Crippen molar-refractivity contribution < 1.29 is 111 Å². The van der Waals surface area contributed by atoms with Crippen LogP contribution in [0.4, 0.5) is 30.9 Å². The highest BCUT2D eigenvalue weighted by molar-refractivity contribution is 9.10. The quantitative estimate of drug-likeness (QED) is 0.102. The Morgan fingerprint density at radius 1 is 0.615 bits per heavy atom. The van der Waals surface area contributed by atoms with Crippen molar-refractivity contribution >= 4 is 69.1 Å². The molecule has 1 rings (SSSR count). The maximum atomic E-state index is 10.4. The highest BCUT2D eigenvalue weighted by Crippen LogP contribution is 2.36. The lowest BCUT2D eigenvalue weighted by molar-refractivity contribution is -0.206. The van der Waals surface area contributed by atoms with E-state index in [-0.39, 0.29) is 0 Å². The van der Waals surface area contributed by atoms with E-state index in [2.05, 4.69) is 20.9 Å². The van der Waals surface area contributed by atoms with Crippen molar-refractivity contribution in [2.75, 3.05) is 0 Å². The Labute approximate surface area is 219 Å². The molecule has 0 saturated heterocycles. The van der Waals surface area contributed by atoms with Gasteiger partial charge >= 0.3 is 53.1 Å². The van der Waals surface area contributed by atoms with Crippen LogP contribution in [-0.2, 0) is 27.4 Å². The van der Waals surface area contributed by atoms with Crippen molar-refractivity contribution in [1.82, 2.24) is 0 Å². The molecule has 20 nitrogen and oxygen atoms in total. The molecule has 1 unspecified atom stereocenters. The molecule has 0 fully saturated rings. The Morgan fingerprint density at radius 2 is 0.795 bits per heavy atom. The van der Waals surface area contributed by atoms with E-state index in [0.29, 0.717) is 5.69 Å². The van der Waals surface area contributed by atoms with Gasteiger partial charge in [0.1, 0.15) is 0 Å². The second-order valence-corrected chi connectivity index (χ2v) is 10.9. The molecule has 0 amide bonds. The van der Waals surface area contributed by atoms with Gasteiger partial charge in [-0.15, -0.1) is 21.0 Å². The van der Waals surface area contributed by atoms with Crippen molar-refractivity contribution in [1.29, 1.82) is 5.39 Å². The molecule has 0 spiro atoms. The largest absolute Gasteiger partial charge is 0.753 e. The van der Waals surface area contributed by atoms with Crippen LogP contribution in [0.3, 0.4) is 0 Å². The normalized spacial score (nSPS) is 12.3. The molecule has 236 valence electrons. The van der Waals surface area contributed by atoms with Crippen LogP contribution in [0.1, 0.15) is 0 Å². The predicted molar refractivity (Wildman–Crippen MR) is 116 cm³/mol. The third-order valence-electron chi connectivity index (χ3n) is 0.924. The summed E-state index contributed by atoms with van der Waals surface area (Å²) in [6.07, 6.45) is 0. The lowest BCUT2D eigenvalue weighted by atomic mass is 10.3. The van der Waals surface area contributed by atoms with Crippen LogP contribution < -0.4 is 4.89 Å². The molecule has 0 saturated carbocycles. The first-order chi connectivity index (χ1) is 16.3. The van der Waals surface area contributed by atoms with Crippen LogP contribution in [0, 0.1) is 5.39 Å². The molecular weight excluding hydrogens is 768 g/mol. The Morgan fingerprint density at radius 3 is 0.897 bits per heavy atom. The fourth-order valence-corrected chi connectivity index (χ4v) is 0.925. The number of benzene rings is 1. The Bertz CT molecular complexity index is 913. The van der Waals surface area contributed by atoms with E-state index in [1.807, 2.05) is 6.07 Å². The number of hydrogen-bond donors (Lipinski definition) is 11. The number of diazo groups is 1. The van der Waals surface area contributed by atoms with Gasteiger partial charge in [-0.25, -0.2) is 22.8 Å². The fraction of sp³-hybridized carbons (Fsp3) is 0. The summed E-state index contributed by atoms with van der Waals surface area (Å²) in [4.78, 5) is 88.1. The SMILES string of the molecule is N#[N+]c1cccc(Br)c1.O=P(O)(O)F.O=P(O)(O)F.O=P(O)(O)F.O=P(O)(O)F.O=P(O)(O)F.O=P([O-])(O)F. The first kappa shape index (κ1) is 51.3. The summed E-state index contributed by atoms with van der Waals surface area (Å²) in [5.41, 5.74) is 0.560. The maximum absolute atomic E-state index is 10.4. The van der Waals surface area contributed by atoms with Crippen LogP contribution in [-0.4, -0.2) is 53.8 Å². The molecule has 0 aliphatic heterocycles. The minimum Gasteiger partial charge on any atom is -0.753 e. The van der Waals surface area contributed by atoms with E-state index in [4.69, 9.17) is 91.5 Å². The van der Waals surface area contributed by atoms with Gasteiger partial charge in [-0.1, -0.05) is 22.0 Å². The Kier molecular flexibility index (Phi) is 30.5. The molecule has 0 heterocycles. The molecule has 0 aliphatic carbocycles. The predicted octanol–water partition coefficient (Wildman–Crippen LogP) is 2.59. The third kappa shape index (κ3) is 354. The van der Waals surface area contributed by atoms with Gasteiger partial charge in [-0.3, -0.25) is 53.5 Å². The van der Waals surface area contributed by atoms with Gasteiger partial charge < -0.3 is 9.79 Å². The van der Waals surface area contributed by atoms with E-state index in [9.17, 15) is 25.2 Å². The van der Waals surface area contributed by atoms with Gasteiger partial charge in [0.25, 0.3) is 0 Å². The standard InChI is InChI=1S/C6H4BrN2.6FH2O3P/c7-5-2-1-3-6(4-5)9-8;6*1-5(2,3)4/h1-4H;6*(H2,2,3,4)/q+1;;;;;;/p-1. The van der Waals surface area contributed by atoms with Crippen LogP contribution >= 0.6 is 63.4 Å². The summed E-state index contributed by atoms with van der Waals surface area (Å²) in [7, 11) is -31.1. The molecule has 0 aromatic heterocycles. The molecule has 1 aromatic rings. The summed E-state index contributed by atoms with van der Waals surface area (Å²) >= 11 is 3.23. The van der Waals surface area contributed by atoms with E-state index < -0.39 is 47.4 Å². The van der Waals surface area contributed by atoms with Crippen molar-refractivity contribution in [3.63, 3.8) is 0 Å². The third-order valence-corrected chi connectivity index (χ3v) is 1.42. The molecule has 0 radical (unpaired) electrons. The first-order valence-electron chi connectivity index (χ1n) is 6.93. The smallest absolute Gasteiger partial charge is 0.507 e. The van der Waals surface area contributed by atoms with Crippen LogP contribution in [0.5, 0.6) is 0 Å². The number of halogens is 7. The van der Waals surface area contributed by atoms with E-state index >= 15 is 0 Å². The van der Waals surface area contributed by atoms with Crippen molar-refractivity contribution in [3.8, 4) is 0 Å². The van der Waals surface area contributed by atoms with Gasteiger partial charge in [-0.2, -0.15) is 4.20 Å². The zero-order chi connectivity index (χ0) is 33.7. The minimum absolute atomic E-state index is 0.560. The molecule has 0 aliphatic rings. The summed E-state index contributed by atoms with van der Waals surface area (Å²) in [6.45, 7) is 0. The summed E-state index contributed by atoms with van der Waals surface area (Å²) in [5.74, 6) is 0. The molecule has 39 heavy (non-hydrogen) atoms. The highest BCUT2D eigenvalue weighted by Gasteiger charge is 2.06. The zero-order valence-electron chi connectivity index (χ0n) is 17.3. The van der Waals surface area contributed by atoms with Crippen molar-refractivity contribution in [2.24, 2.45) is 0 Å². The van der Waals surface area contributed by atoms with Gasteiger partial charge in [-0.05, 0) is 6.07 Å². The Balaban J connectivity index is -0.0000000830. The summed E-state index contributed by atoms with van der Waals surface area (Å²) in [6, 6.07) is 7.11. The van der Waals surface area contributed by atoms with E-state index in [0.717, 1.165) is 4.47 Å². The lowest BCUT2D eigenvalue weighted by Gasteiger charge is -1.97. The molecule has 33 heteroatoms. The topological polar surface area (TPSA) is 376 Å². The summed E-state index contributed by atoms with van der Waals surface area (Å²) < 4.78 is 115. The molecular formula is C6H15BrF6N2O18P6. The second kappa shape index (κ2) is 23.2. The number of nitrogens with zero attached hydrogens (tertiary/aromatic N) is 2. The Hall–Kier alpha value is -0.400. The van der Waals surface area contributed by atoms with Crippen LogP contribution in [0.15, 0.2) is 28.7 Å². The fourth-order valence-electron chi connectivity index (χ4n) is 0.538. The molecule has 1 aromatic carbocycles.